The number of rotatable bonds is 37. The summed E-state index contributed by atoms with van der Waals surface area (Å²) < 4.78 is 26.8. The Hall–Kier alpha value is -2.55. The Morgan fingerprint density at radius 2 is 1.06 bits per heavy atom. The summed E-state index contributed by atoms with van der Waals surface area (Å²) in [6, 6.07) is 0. The first kappa shape index (κ1) is 50.5. The van der Waals surface area contributed by atoms with Crippen molar-refractivity contribution in [1.29, 1.82) is 0 Å². The largest absolute Gasteiger partial charge is 0.472 e. The molecule has 0 spiro atoms. The van der Waals surface area contributed by atoms with E-state index in [1.807, 2.05) is 0 Å². The molecule has 0 saturated carbocycles. The number of phosphoric ester groups is 1. The van der Waals surface area contributed by atoms with Gasteiger partial charge in [-0.1, -0.05) is 132 Å². The van der Waals surface area contributed by atoms with Crippen molar-refractivity contribution >= 4 is 19.7 Å². The maximum absolute atomic E-state index is 12.1. The van der Waals surface area contributed by atoms with Crippen LogP contribution in [0, 0.1) is 0 Å². The summed E-state index contributed by atoms with van der Waals surface area (Å²) in [5.41, 5.74) is 0. The zero-order valence-corrected chi connectivity index (χ0v) is 34.1. The lowest BCUT2D eigenvalue weighted by Crippen LogP contribution is -2.27. The molecule has 0 aromatic carbocycles. The lowest BCUT2D eigenvalue weighted by atomic mass is 10.1. The molecule has 2 atom stereocenters. The van der Waals surface area contributed by atoms with Gasteiger partial charge in [0.1, 0.15) is 12.7 Å². The number of allylic oxidation sites excluding steroid dienone is 12. The van der Waals surface area contributed by atoms with Gasteiger partial charge in [0.2, 0.25) is 5.91 Å². The van der Waals surface area contributed by atoms with Crippen molar-refractivity contribution in [2.45, 2.75) is 161 Å². The van der Waals surface area contributed by atoms with Gasteiger partial charge in [-0.25, -0.2) is 4.57 Å². The number of nitrogens with one attached hydrogen (secondary N) is 1. The van der Waals surface area contributed by atoms with Crippen LogP contribution in [0.4, 0.5) is 0 Å². The maximum atomic E-state index is 12.1. The molecule has 304 valence electrons. The Balaban J connectivity index is 3.71. The van der Waals surface area contributed by atoms with Gasteiger partial charge in [0.15, 0.2) is 0 Å². The summed E-state index contributed by atoms with van der Waals surface area (Å²) in [5.74, 6) is -0.569. The minimum atomic E-state index is -4.43. The highest BCUT2D eigenvalue weighted by molar-refractivity contribution is 7.47. The van der Waals surface area contributed by atoms with Gasteiger partial charge in [-0.15, -0.1) is 0 Å². The van der Waals surface area contributed by atoms with Crippen LogP contribution < -0.4 is 5.32 Å². The van der Waals surface area contributed by atoms with Crippen LogP contribution in [0.15, 0.2) is 72.9 Å². The van der Waals surface area contributed by atoms with Gasteiger partial charge in [0.05, 0.1) is 13.2 Å². The van der Waals surface area contributed by atoms with Crippen molar-refractivity contribution in [2.24, 2.45) is 0 Å². The lowest BCUT2D eigenvalue weighted by molar-refractivity contribution is -0.147. The second-order valence-electron chi connectivity index (χ2n) is 13.2. The standard InChI is InChI=1S/C43H74NO8P/c1-3-5-7-9-11-13-15-17-18-19-20-21-22-24-26-28-30-32-34-36-43(47)50-39-41(45)40-52-53(48,49)51-38-37-44-42(46)35-33-31-29-27-25-23-16-14-12-10-8-6-4-2/h8,10-11,13-14,16-18,20-21,24,26,41,45H,3-7,9,12,15,19,22-23,25,27-40H2,1-2H3,(H,44,46)(H,48,49)/b10-8-,13-11-,16-14-,18-17-,21-20-,26-24-. The maximum Gasteiger partial charge on any atom is 0.472 e. The zero-order chi connectivity index (χ0) is 38.9. The Morgan fingerprint density at radius 3 is 1.62 bits per heavy atom. The summed E-state index contributed by atoms with van der Waals surface area (Å²) >= 11 is 0. The summed E-state index contributed by atoms with van der Waals surface area (Å²) in [5, 5.41) is 12.7. The minimum absolute atomic E-state index is 0.0659. The third-order valence-corrected chi connectivity index (χ3v) is 9.07. The fourth-order valence-electron chi connectivity index (χ4n) is 4.99. The van der Waals surface area contributed by atoms with Crippen molar-refractivity contribution in [2.75, 3.05) is 26.4 Å². The van der Waals surface area contributed by atoms with E-state index in [4.69, 9.17) is 13.8 Å². The number of esters is 1. The van der Waals surface area contributed by atoms with Crippen molar-refractivity contribution in [3.8, 4) is 0 Å². The molecule has 9 nitrogen and oxygen atoms in total. The lowest BCUT2D eigenvalue weighted by Gasteiger charge is -2.15. The highest BCUT2D eigenvalue weighted by atomic mass is 31.2. The van der Waals surface area contributed by atoms with Crippen LogP contribution in [-0.2, 0) is 27.9 Å². The van der Waals surface area contributed by atoms with E-state index in [-0.39, 0.29) is 32.1 Å². The van der Waals surface area contributed by atoms with Crippen LogP contribution >= 0.6 is 7.82 Å². The van der Waals surface area contributed by atoms with Gasteiger partial charge in [-0.05, 0) is 83.5 Å². The number of amides is 1. The zero-order valence-electron chi connectivity index (χ0n) is 33.2. The number of unbranched alkanes of at least 4 members (excludes halogenated alkanes) is 12. The van der Waals surface area contributed by atoms with E-state index < -0.39 is 26.5 Å². The summed E-state index contributed by atoms with van der Waals surface area (Å²) in [7, 11) is -4.43. The molecule has 0 aliphatic heterocycles. The molecule has 0 bridgehead atoms. The predicted octanol–water partition coefficient (Wildman–Crippen LogP) is 11.1. The molecule has 0 heterocycles. The molecule has 0 aliphatic rings. The van der Waals surface area contributed by atoms with Crippen LogP contribution in [0.1, 0.15) is 155 Å². The van der Waals surface area contributed by atoms with Crippen molar-refractivity contribution in [3.05, 3.63) is 72.9 Å². The Kier molecular flexibility index (Phi) is 37.3. The van der Waals surface area contributed by atoms with Crippen LogP contribution in [-0.4, -0.2) is 54.3 Å². The van der Waals surface area contributed by atoms with E-state index >= 15 is 0 Å². The molecular formula is C43H74NO8P. The Morgan fingerprint density at radius 1 is 0.585 bits per heavy atom. The summed E-state index contributed by atoms with van der Waals surface area (Å²) in [4.78, 5) is 33.8. The molecule has 3 N–H and O–H groups in total. The van der Waals surface area contributed by atoms with E-state index in [2.05, 4.69) is 92.1 Å². The molecule has 0 radical (unpaired) electrons. The molecule has 0 saturated heterocycles. The smallest absolute Gasteiger partial charge is 0.463 e. The highest BCUT2D eigenvalue weighted by Gasteiger charge is 2.23. The monoisotopic (exact) mass is 764 g/mol. The molecule has 0 aromatic heterocycles. The number of aliphatic hydroxyl groups is 1. The van der Waals surface area contributed by atoms with Gasteiger partial charge in [-0.2, -0.15) is 0 Å². The molecule has 0 aliphatic carbocycles. The third-order valence-electron chi connectivity index (χ3n) is 8.09. The van der Waals surface area contributed by atoms with Gasteiger partial charge in [0.25, 0.3) is 0 Å². The van der Waals surface area contributed by atoms with Crippen LogP contribution in [0.25, 0.3) is 0 Å². The molecule has 0 aromatic rings. The topological polar surface area (TPSA) is 131 Å². The molecule has 1 amide bonds. The van der Waals surface area contributed by atoms with Gasteiger partial charge in [-0.3, -0.25) is 18.6 Å². The number of phosphoric acid groups is 1. The van der Waals surface area contributed by atoms with E-state index in [0.717, 1.165) is 89.9 Å². The van der Waals surface area contributed by atoms with E-state index in [1.165, 1.54) is 32.1 Å². The normalized spacial score (nSPS) is 14.1. The Bertz CT molecular complexity index is 1100. The first-order valence-electron chi connectivity index (χ1n) is 20.4. The molecule has 0 fully saturated rings. The van der Waals surface area contributed by atoms with Gasteiger partial charge < -0.3 is 20.1 Å². The molecule has 0 rings (SSSR count). The number of hydrogen-bond donors (Lipinski definition) is 3. The molecule has 53 heavy (non-hydrogen) atoms. The second kappa shape index (κ2) is 39.2. The number of hydrogen-bond acceptors (Lipinski definition) is 7. The predicted molar refractivity (Wildman–Crippen MR) is 219 cm³/mol. The first-order chi connectivity index (χ1) is 25.8. The number of carbonyl (C=O) groups excluding carboxylic acids is 2. The van der Waals surface area contributed by atoms with Crippen molar-refractivity contribution in [3.63, 3.8) is 0 Å². The average molecular weight is 764 g/mol. The SMILES string of the molecule is CCC/C=C\C/C=C\CCCCCCCC(=O)NCCOP(=O)(O)OCC(O)COC(=O)CCCCC/C=C\C/C=C\C/C=C\C/C=C\CCCCC. The third kappa shape index (κ3) is 40.5. The van der Waals surface area contributed by atoms with E-state index in [0.29, 0.717) is 12.8 Å². The minimum Gasteiger partial charge on any atom is -0.463 e. The fourth-order valence-corrected chi connectivity index (χ4v) is 5.74. The number of ether oxygens (including phenoxy) is 1. The second-order valence-corrected chi connectivity index (χ2v) is 14.7. The highest BCUT2D eigenvalue weighted by Crippen LogP contribution is 2.42. The first-order valence-corrected chi connectivity index (χ1v) is 21.9. The molecule has 10 heteroatoms. The fraction of sp³-hybridized carbons (Fsp3) is 0.674. The van der Waals surface area contributed by atoms with Crippen molar-refractivity contribution < 1.29 is 37.9 Å². The Labute approximate surface area is 322 Å². The summed E-state index contributed by atoms with van der Waals surface area (Å²) in [6.07, 6.45) is 46.8. The molecule has 2 unspecified atom stereocenters. The van der Waals surface area contributed by atoms with Crippen LogP contribution in [0.3, 0.4) is 0 Å². The molecular weight excluding hydrogens is 689 g/mol. The van der Waals surface area contributed by atoms with E-state index in [9.17, 15) is 24.2 Å². The quantitative estimate of drug-likeness (QED) is 0.0247. The van der Waals surface area contributed by atoms with Crippen LogP contribution in [0.2, 0.25) is 0 Å². The summed E-state index contributed by atoms with van der Waals surface area (Å²) in [6.45, 7) is 3.38. The van der Waals surface area contributed by atoms with E-state index in [1.54, 1.807) is 0 Å². The van der Waals surface area contributed by atoms with Crippen LogP contribution in [0.5, 0.6) is 0 Å². The van der Waals surface area contributed by atoms with Crippen molar-refractivity contribution in [1.82, 2.24) is 5.32 Å². The number of carbonyl (C=O) groups is 2. The average Bonchev–Trinajstić information content (AvgIpc) is 3.14. The van der Waals surface area contributed by atoms with Gasteiger partial charge in [0, 0.05) is 19.4 Å². The number of aliphatic hydroxyl groups excluding tert-OH is 1. The van der Waals surface area contributed by atoms with Gasteiger partial charge >= 0.3 is 13.8 Å².